The van der Waals surface area contributed by atoms with E-state index in [4.69, 9.17) is 0 Å². The minimum absolute atomic E-state index is 0.0105. The number of hydrogen-bond acceptors (Lipinski definition) is 6. The van der Waals surface area contributed by atoms with Gasteiger partial charge < -0.3 is 9.47 Å². The molecule has 1 aliphatic heterocycles. The predicted octanol–water partition coefficient (Wildman–Crippen LogP) is 0.425. The lowest BCUT2D eigenvalue weighted by atomic mass is 10.0. The molecule has 1 aromatic heterocycles. The third-order valence-corrected chi connectivity index (χ3v) is 2.43. The number of aromatic nitrogens is 1. The average molecular weight is 235 g/mol. The van der Waals surface area contributed by atoms with Crippen molar-refractivity contribution in [1.82, 2.24) is 4.98 Å². The van der Waals surface area contributed by atoms with Gasteiger partial charge in [0.1, 0.15) is 5.92 Å². The van der Waals surface area contributed by atoms with Gasteiger partial charge in [0.25, 0.3) is 0 Å². The monoisotopic (exact) mass is 235 g/mol. The molecule has 0 aromatic carbocycles. The third-order valence-electron chi connectivity index (χ3n) is 2.43. The molecular formula is C11H9NO5. The maximum Gasteiger partial charge on any atom is 0.339 e. The zero-order chi connectivity index (χ0) is 12.4. The molecule has 0 saturated carbocycles. The van der Waals surface area contributed by atoms with Gasteiger partial charge in [-0.25, -0.2) is 4.79 Å². The second-order valence-electron chi connectivity index (χ2n) is 3.51. The molecular weight excluding hydrogens is 226 g/mol. The van der Waals surface area contributed by atoms with Gasteiger partial charge >= 0.3 is 17.9 Å². The molecule has 1 aliphatic rings. The molecule has 1 aromatic rings. The zero-order valence-corrected chi connectivity index (χ0v) is 9.00. The molecule has 6 nitrogen and oxygen atoms in total. The van der Waals surface area contributed by atoms with Crippen LogP contribution < -0.4 is 0 Å². The summed E-state index contributed by atoms with van der Waals surface area (Å²) in [6.45, 7) is 0. The Bertz CT molecular complexity index is 479. The van der Waals surface area contributed by atoms with Crippen LogP contribution in [0.1, 0.15) is 28.4 Å². The lowest BCUT2D eigenvalue weighted by Gasteiger charge is -2.04. The number of carbonyl (C=O) groups excluding carboxylic acids is 3. The van der Waals surface area contributed by atoms with Crippen molar-refractivity contribution in [2.24, 2.45) is 0 Å². The first-order valence-corrected chi connectivity index (χ1v) is 4.90. The van der Waals surface area contributed by atoms with E-state index in [1.165, 1.54) is 25.4 Å². The fraction of sp³-hybridized carbons (Fsp3) is 0.273. The van der Waals surface area contributed by atoms with Crippen molar-refractivity contribution < 1.29 is 23.9 Å². The summed E-state index contributed by atoms with van der Waals surface area (Å²) in [5.41, 5.74) is 0.697. The van der Waals surface area contributed by atoms with Crippen LogP contribution in [0.15, 0.2) is 18.3 Å². The Labute approximate surface area is 96.5 Å². The summed E-state index contributed by atoms with van der Waals surface area (Å²) in [4.78, 5) is 37.3. The molecule has 2 rings (SSSR count). The number of esters is 3. The Morgan fingerprint density at radius 2 is 2.24 bits per heavy atom. The summed E-state index contributed by atoms with van der Waals surface area (Å²) in [5, 5.41) is 0. The van der Waals surface area contributed by atoms with Crippen LogP contribution in [-0.2, 0) is 19.1 Å². The lowest BCUT2D eigenvalue weighted by molar-refractivity contribution is -0.152. The molecule has 0 bridgehead atoms. The fourth-order valence-electron chi connectivity index (χ4n) is 1.55. The smallest absolute Gasteiger partial charge is 0.339 e. The van der Waals surface area contributed by atoms with Crippen molar-refractivity contribution in [3.8, 4) is 0 Å². The summed E-state index contributed by atoms with van der Waals surface area (Å²) in [5.74, 6) is -2.34. The molecule has 1 atom stereocenters. The fourth-order valence-corrected chi connectivity index (χ4v) is 1.55. The standard InChI is InChI=1S/C11H9NO5/c1-16-10(14)6-2-3-8(12-5-6)7-4-9(13)17-11(7)15/h2-3,5,7H,4H2,1H3. The van der Waals surface area contributed by atoms with E-state index in [9.17, 15) is 14.4 Å². The van der Waals surface area contributed by atoms with Crippen LogP contribution in [0.25, 0.3) is 0 Å². The Hall–Kier alpha value is -2.24. The van der Waals surface area contributed by atoms with Gasteiger partial charge in [0.15, 0.2) is 0 Å². The largest absolute Gasteiger partial charge is 0.465 e. The van der Waals surface area contributed by atoms with Crippen molar-refractivity contribution >= 4 is 17.9 Å². The molecule has 6 heteroatoms. The molecule has 0 spiro atoms. The van der Waals surface area contributed by atoms with E-state index in [2.05, 4.69) is 14.5 Å². The molecule has 17 heavy (non-hydrogen) atoms. The van der Waals surface area contributed by atoms with E-state index in [0.29, 0.717) is 5.69 Å². The SMILES string of the molecule is COC(=O)c1ccc(C2CC(=O)OC2=O)nc1. The van der Waals surface area contributed by atoms with Crippen LogP contribution in [0.4, 0.5) is 0 Å². The van der Waals surface area contributed by atoms with E-state index >= 15 is 0 Å². The number of carbonyl (C=O) groups is 3. The molecule has 0 radical (unpaired) electrons. The molecule has 0 N–H and O–H groups in total. The van der Waals surface area contributed by atoms with Gasteiger partial charge in [-0.05, 0) is 12.1 Å². The number of hydrogen-bond donors (Lipinski definition) is 0. The van der Waals surface area contributed by atoms with Gasteiger partial charge in [-0.2, -0.15) is 0 Å². The topological polar surface area (TPSA) is 82.6 Å². The van der Waals surface area contributed by atoms with E-state index < -0.39 is 23.8 Å². The van der Waals surface area contributed by atoms with Gasteiger partial charge in [-0.3, -0.25) is 14.6 Å². The van der Waals surface area contributed by atoms with E-state index in [-0.39, 0.29) is 12.0 Å². The van der Waals surface area contributed by atoms with Crippen LogP contribution in [0.2, 0.25) is 0 Å². The minimum atomic E-state index is -0.672. The highest BCUT2D eigenvalue weighted by molar-refractivity contribution is 5.97. The highest BCUT2D eigenvalue weighted by Crippen LogP contribution is 2.25. The summed E-state index contributed by atoms with van der Waals surface area (Å²) < 4.78 is 8.93. The average Bonchev–Trinajstić information content (AvgIpc) is 2.68. The highest BCUT2D eigenvalue weighted by Gasteiger charge is 2.35. The number of nitrogens with zero attached hydrogens (tertiary/aromatic N) is 1. The Morgan fingerprint density at radius 3 is 2.71 bits per heavy atom. The predicted molar refractivity (Wildman–Crippen MR) is 54.0 cm³/mol. The van der Waals surface area contributed by atoms with Crippen molar-refractivity contribution in [2.45, 2.75) is 12.3 Å². The molecule has 88 valence electrons. The minimum Gasteiger partial charge on any atom is -0.465 e. The number of rotatable bonds is 2. The van der Waals surface area contributed by atoms with Gasteiger partial charge in [0.2, 0.25) is 0 Å². The molecule has 2 heterocycles. The van der Waals surface area contributed by atoms with Crippen LogP contribution in [0.5, 0.6) is 0 Å². The van der Waals surface area contributed by atoms with Crippen LogP contribution in [-0.4, -0.2) is 30.0 Å². The van der Waals surface area contributed by atoms with Crippen molar-refractivity contribution in [2.75, 3.05) is 7.11 Å². The second kappa shape index (κ2) is 4.32. The van der Waals surface area contributed by atoms with Gasteiger partial charge in [0.05, 0.1) is 24.8 Å². The summed E-state index contributed by atoms with van der Waals surface area (Å²) in [6.07, 6.45) is 1.29. The van der Waals surface area contributed by atoms with Crippen LogP contribution in [0, 0.1) is 0 Å². The Morgan fingerprint density at radius 1 is 1.47 bits per heavy atom. The molecule has 1 fully saturated rings. The first kappa shape index (κ1) is 11.3. The Balaban J connectivity index is 2.21. The Kier molecular flexibility index (Phi) is 2.86. The number of ether oxygens (including phenoxy) is 2. The van der Waals surface area contributed by atoms with Gasteiger partial charge in [0, 0.05) is 6.20 Å². The zero-order valence-electron chi connectivity index (χ0n) is 9.00. The molecule has 1 saturated heterocycles. The van der Waals surface area contributed by atoms with Crippen molar-refractivity contribution in [1.29, 1.82) is 0 Å². The summed E-state index contributed by atoms with van der Waals surface area (Å²) in [7, 11) is 1.27. The van der Waals surface area contributed by atoms with Gasteiger partial charge in [-0.15, -0.1) is 0 Å². The van der Waals surface area contributed by atoms with E-state index in [1.54, 1.807) is 0 Å². The van der Waals surface area contributed by atoms with E-state index in [1.807, 2.05) is 0 Å². The maximum atomic E-state index is 11.3. The maximum absolute atomic E-state index is 11.3. The van der Waals surface area contributed by atoms with Crippen LogP contribution >= 0.6 is 0 Å². The highest BCUT2D eigenvalue weighted by atomic mass is 16.6. The van der Waals surface area contributed by atoms with E-state index in [0.717, 1.165) is 0 Å². The lowest BCUT2D eigenvalue weighted by Crippen LogP contribution is -2.09. The summed E-state index contributed by atoms with van der Waals surface area (Å²) in [6, 6.07) is 3.00. The first-order valence-electron chi connectivity index (χ1n) is 4.90. The third kappa shape index (κ3) is 2.15. The molecule has 0 amide bonds. The van der Waals surface area contributed by atoms with Gasteiger partial charge in [-0.1, -0.05) is 0 Å². The molecule has 0 aliphatic carbocycles. The number of pyridine rings is 1. The van der Waals surface area contributed by atoms with Crippen LogP contribution in [0.3, 0.4) is 0 Å². The first-order chi connectivity index (χ1) is 8.11. The number of cyclic esters (lactones) is 2. The molecule has 1 unspecified atom stereocenters. The van der Waals surface area contributed by atoms with Crippen molar-refractivity contribution in [3.05, 3.63) is 29.6 Å². The normalized spacial score (nSPS) is 19.0. The number of methoxy groups -OCH3 is 1. The second-order valence-corrected chi connectivity index (χ2v) is 3.51. The summed E-state index contributed by atoms with van der Waals surface area (Å²) >= 11 is 0. The quantitative estimate of drug-likeness (QED) is 0.546. The van der Waals surface area contributed by atoms with Crippen molar-refractivity contribution in [3.63, 3.8) is 0 Å².